The average Bonchev–Trinajstić information content (AvgIpc) is 2.67. The van der Waals surface area contributed by atoms with Crippen molar-refractivity contribution in [3.8, 4) is 5.75 Å². The molecule has 3 rings (SSSR count). The van der Waals surface area contributed by atoms with Gasteiger partial charge in [-0.15, -0.1) is 0 Å². The van der Waals surface area contributed by atoms with Crippen LogP contribution in [-0.4, -0.2) is 17.5 Å². The Labute approximate surface area is 106 Å². The molecule has 0 fully saturated rings. The summed E-state index contributed by atoms with van der Waals surface area (Å²) in [6.45, 7) is 2.06. The molecule has 0 aliphatic heterocycles. The van der Waals surface area contributed by atoms with E-state index in [1.54, 1.807) is 7.11 Å². The Hall–Kier alpha value is -1.77. The average molecular weight is 243 g/mol. The second kappa shape index (κ2) is 3.87. The highest BCUT2D eigenvalue weighted by Crippen LogP contribution is 2.37. The Morgan fingerprint density at radius 1 is 1.28 bits per heavy atom. The molecule has 0 unspecified atom stereocenters. The topological polar surface area (TPSA) is 31.2 Å². The Kier molecular flexibility index (Phi) is 2.44. The fourth-order valence-electron chi connectivity index (χ4n) is 3.07. The van der Waals surface area contributed by atoms with Gasteiger partial charge in [0.25, 0.3) is 0 Å². The van der Waals surface area contributed by atoms with Crippen molar-refractivity contribution < 1.29 is 9.53 Å². The summed E-state index contributed by atoms with van der Waals surface area (Å²) in [5, 5.41) is 1.08. The van der Waals surface area contributed by atoms with E-state index in [2.05, 4.69) is 11.5 Å². The van der Waals surface area contributed by atoms with Crippen LogP contribution < -0.4 is 4.74 Å². The Morgan fingerprint density at radius 3 is 2.78 bits per heavy atom. The van der Waals surface area contributed by atoms with E-state index in [1.165, 1.54) is 0 Å². The number of aryl methyl sites for hydroxylation is 2. The number of aromatic nitrogens is 1. The third-order valence-electron chi connectivity index (χ3n) is 3.94. The van der Waals surface area contributed by atoms with Crippen molar-refractivity contribution in [2.24, 2.45) is 7.05 Å². The zero-order chi connectivity index (χ0) is 12.9. The van der Waals surface area contributed by atoms with Crippen LogP contribution in [0.25, 0.3) is 10.9 Å². The summed E-state index contributed by atoms with van der Waals surface area (Å²) in [7, 11) is 3.71. The van der Waals surface area contributed by atoms with E-state index in [1.807, 2.05) is 19.2 Å². The van der Waals surface area contributed by atoms with E-state index >= 15 is 0 Å². The number of carbonyl (C=O) groups excluding carboxylic acids is 1. The van der Waals surface area contributed by atoms with Crippen LogP contribution in [0.5, 0.6) is 5.75 Å². The number of rotatable bonds is 1. The van der Waals surface area contributed by atoms with Crippen molar-refractivity contribution in [2.45, 2.75) is 26.2 Å². The second-order valence-corrected chi connectivity index (χ2v) is 4.97. The first-order chi connectivity index (χ1) is 8.65. The molecule has 0 saturated carbocycles. The van der Waals surface area contributed by atoms with Crippen molar-refractivity contribution in [3.05, 3.63) is 29.0 Å². The van der Waals surface area contributed by atoms with E-state index in [0.29, 0.717) is 6.42 Å². The first kappa shape index (κ1) is 11.3. The fourth-order valence-corrected chi connectivity index (χ4v) is 3.07. The second-order valence-electron chi connectivity index (χ2n) is 4.97. The zero-order valence-corrected chi connectivity index (χ0v) is 11.0. The standard InChI is InChI=1S/C15H17NO2/c1-9-7-8-12(18-3)15-13(9)14-10(16(15)2)5-4-6-11(14)17/h7-8H,4-6H2,1-3H3. The fraction of sp³-hybridized carbons (Fsp3) is 0.400. The molecular weight excluding hydrogens is 226 g/mol. The molecule has 0 spiro atoms. The molecule has 3 heteroatoms. The molecule has 0 radical (unpaired) electrons. The summed E-state index contributed by atoms with van der Waals surface area (Å²) in [6.07, 6.45) is 2.61. The highest BCUT2D eigenvalue weighted by Gasteiger charge is 2.26. The Bertz CT molecular complexity index is 652. The van der Waals surface area contributed by atoms with Crippen molar-refractivity contribution in [1.82, 2.24) is 4.57 Å². The zero-order valence-electron chi connectivity index (χ0n) is 11.0. The molecule has 1 aromatic carbocycles. The normalized spacial score (nSPS) is 14.9. The van der Waals surface area contributed by atoms with Crippen LogP contribution in [0, 0.1) is 6.92 Å². The number of hydrogen-bond acceptors (Lipinski definition) is 2. The van der Waals surface area contributed by atoms with Crippen LogP contribution in [0.15, 0.2) is 12.1 Å². The van der Waals surface area contributed by atoms with E-state index in [0.717, 1.165) is 46.3 Å². The lowest BCUT2D eigenvalue weighted by Crippen LogP contribution is -2.11. The van der Waals surface area contributed by atoms with Crippen molar-refractivity contribution in [2.75, 3.05) is 7.11 Å². The van der Waals surface area contributed by atoms with Crippen molar-refractivity contribution in [1.29, 1.82) is 0 Å². The highest BCUT2D eigenvalue weighted by atomic mass is 16.5. The van der Waals surface area contributed by atoms with Gasteiger partial charge in [0.1, 0.15) is 5.75 Å². The SMILES string of the molecule is COc1ccc(C)c2c3c(n(C)c12)CCCC3=O. The lowest BCUT2D eigenvalue weighted by molar-refractivity contribution is 0.0973. The van der Waals surface area contributed by atoms with Gasteiger partial charge in [-0.25, -0.2) is 0 Å². The predicted molar refractivity (Wildman–Crippen MR) is 71.5 cm³/mol. The van der Waals surface area contributed by atoms with E-state index in [-0.39, 0.29) is 5.78 Å². The lowest BCUT2D eigenvalue weighted by atomic mass is 9.93. The van der Waals surface area contributed by atoms with Gasteiger partial charge in [-0.1, -0.05) is 6.07 Å². The molecule has 0 saturated heterocycles. The van der Waals surface area contributed by atoms with Gasteiger partial charge in [0, 0.05) is 30.1 Å². The molecule has 1 aliphatic carbocycles. The number of hydrogen-bond donors (Lipinski definition) is 0. The van der Waals surface area contributed by atoms with Gasteiger partial charge in [-0.05, 0) is 31.4 Å². The van der Waals surface area contributed by atoms with Crippen LogP contribution in [0.3, 0.4) is 0 Å². The van der Waals surface area contributed by atoms with Gasteiger partial charge in [0.15, 0.2) is 5.78 Å². The summed E-state index contributed by atoms with van der Waals surface area (Å²) in [6, 6.07) is 4.01. The largest absolute Gasteiger partial charge is 0.495 e. The number of nitrogens with zero attached hydrogens (tertiary/aromatic N) is 1. The van der Waals surface area contributed by atoms with Crippen LogP contribution in [0.4, 0.5) is 0 Å². The first-order valence-corrected chi connectivity index (χ1v) is 6.33. The smallest absolute Gasteiger partial charge is 0.165 e. The molecule has 3 nitrogen and oxygen atoms in total. The molecule has 1 heterocycles. The van der Waals surface area contributed by atoms with Gasteiger partial charge < -0.3 is 9.30 Å². The van der Waals surface area contributed by atoms with Gasteiger partial charge in [-0.3, -0.25) is 4.79 Å². The maximum Gasteiger partial charge on any atom is 0.165 e. The summed E-state index contributed by atoms with van der Waals surface area (Å²) < 4.78 is 7.58. The minimum absolute atomic E-state index is 0.276. The summed E-state index contributed by atoms with van der Waals surface area (Å²) in [5.74, 6) is 1.12. The first-order valence-electron chi connectivity index (χ1n) is 6.33. The minimum Gasteiger partial charge on any atom is -0.495 e. The minimum atomic E-state index is 0.276. The van der Waals surface area contributed by atoms with Crippen LogP contribution >= 0.6 is 0 Å². The maximum atomic E-state index is 12.2. The predicted octanol–water partition coefficient (Wildman–Crippen LogP) is 3.01. The molecule has 0 atom stereocenters. The van der Waals surface area contributed by atoms with Crippen molar-refractivity contribution in [3.63, 3.8) is 0 Å². The monoisotopic (exact) mass is 243 g/mol. The van der Waals surface area contributed by atoms with Gasteiger partial charge >= 0.3 is 0 Å². The molecule has 1 aliphatic rings. The number of ether oxygens (including phenoxy) is 1. The molecule has 1 aromatic heterocycles. The van der Waals surface area contributed by atoms with Crippen molar-refractivity contribution >= 4 is 16.7 Å². The Morgan fingerprint density at radius 2 is 2.06 bits per heavy atom. The van der Waals surface area contributed by atoms with Crippen LogP contribution in [-0.2, 0) is 13.5 Å². The number of carbonyl (C=O) groups is 1. The van der Waals surface area contributed by atoms with Crippen LogP contribution in [0.1, 0.15) is 34.5 Å². The van der Waals surface area contributed by atoms with E-state index in [9.17, 15) is 4.79 Å². The number of Topliss-reactive ketones (excluding diaryl/α,β-unsaturated/α-hetero) is 1. The quantitative estimate of drug-likeness (QED) is 0.771. The third kappa shape index (κ3) is 1.33. The summed E-state index contributed by atoms with van der Waals surface area (Å²) >= 11 is 0. The summed E-state index contributed by atoms with van der Waals surface area (Å²) in [5.41, 5.74) is 4.29. The molecule has 0 N–H and O–H groups in total. The number of methoxy groups -OCH3 is 1. The van der Waals surface area contributed by atoms with Gasteiger partial charge in [-0.2, -0.15) is 0 Å². The third-order valence-corrected chi connectivity index (χ3v) is 3.94. The molecule has 18 heavy (non-hydrogen) atoms. The molecule has 94 valence electrons. The summed E-state index contributed by atoms with van der Waals surface area (Å²) in [4.78, 5) is 12.2. The molecule has 0 amide bonds. The molecule has 0 bridgehead atoms. The lowest BCUT2D eigenvalue weighted by Gasteiger charge is -2.12. The maximum absolute atomic E-state index is 12.2. The van der Waals surface area contributed by atoms with Gasteiger partial charge in [0.2, 0.25) is 0 Å². The molecule has 2 aromatic rings. The Balaban J connectivity index is 2.50. The van der Waals surface area contributed by atoms with Crippen LogP contribution in [0.2, 0.25) is 0 Å². The number of fused-ring (bicyclic) bond motifs is 3. The van der Waals surface area contributed by atoms with E-state index < -0.39 is 0 Å². The number of benzene rings is 1. The number of ketones is 1. The highest BCUT2D eigenvalue weighted by molar-refractivity contribution is 6.12. The van der Waals surface area contributed by atoms with E-state index in [4.69, 9.17) is 4.74 Å². The van der Waals surface area contributed by atoms with Gasteiger partial charge in [0.05, 0.1) is 12.6 Å². The molecular formula is C15H17NO2.